The number of rotatable bonds is 1. The van der Waals surface area contributed by atoms with Gasteiger partial charge in [0, 0.05) is 6.20 Å². The number of hydrogen-bond donors (Lipinski definition) is 0. The number of hydrazone groups is 1. The largest absolute Gasteiger partial charge is 0.459 e. The predicted octanol–water partition coefficient (Wildman–Crippen LogP) is 0.819. The van der Waals surface area contributed by atoms with E-state index in [1.165, 1.54) is 6.40 Å². The van der Waals surface area contributed by atoms with Crippen LogP contribution in [0.2, 0.25) is 0 Å². The monoisotopic (exact) mass is 149 g/mol. The van der Waals surface area contributed by atoms with Crippen LogP contribution in [0.3, 0.4) is 0 Å². The van der Waals surface area contributed by atoms with E-state index in [0.29, 0.717) is 6.73 Å². The zero-order valence-electron chi connectivity index (χ0n) is 5.84. The molecule has 11 heavy (non-hydrogen) atoms. The minimum absolute atomic E-state index is 0.478. The standard InChI is InChI=1S/C7H7N3O/c1-2-7(4-8-3-1)10-6-11-5-9-10/h1-5H,6H2. The van der Waals surface area contributed by atoms with Gasteiger partial charge in [-0.15, -0.1) is 5.10 Å². The summed E-state index contributed by atoms with van der Waals surface area (Å²) in [6.45, 7) is 0.478. The summed E-state index contributed by atoms with van der Waals surface area (Å²) in [5, 5.41) is 5.68. The van der Waals surface area contributed by atoms with Gasteiger partial charge in [-0.05, 0) is 12.1 Å². The van der Waals surface area contributed by atoms with Gasteiger partial charge < -0.3 is 4.74 Å². The van der Waals surface area contributed by atoms with Gasteiger partial charge in [0.1, 0.15) is 0 Å². The van der Waals surface area contributed by atoms with Crippen molar-refractivity contribution in [3.05, 3.63) is 24.5 Å². The van der Waals surface area contributed by atoms with Crippen molar-refractivity contribution in [1.29, 1.82) is 0 Å². The van der Waals surface area contributed by atoms with Crippen molar-refractivity contribution >= 4 is 12.1 Å². The summed E-state index contributed by atoms with van der Waals surface area (Å²) in [5.74, 6) is 0. The van der Waals surface area contributed by atoms with E-state index in [1.807, 2.05) is 12.1 Å². The molecule has 1 aliphatic heterocycles. The zero-order valence-corrected chi connectivity index (χ0v) is 5.84. The van der Waals surface area contributed by atoms with E-state index in [4.69, 9.17) is 4.74 Å². The summed E-state index contributed by atoms with van der Waals surface area (Å²) in [6, 6.07) is 3.79. The van der Waals surface area contributed by atoms with Gasteiger partial charge in [0.15, 0.2) is 13.1 Å². The predicted molar refractivity (Wildman–Crippen MR) is 41.2 cm³/mol. The van der Waals surface area contributed by atoms with Gasteiger partial charge in [-0.1, -0.05) is 0 Å². The van der Waals surface area contributed by atoms with E-state index in [0.717, 1.165) is 5.69 Å². The molecular weight excluding hydrogens is 142 g/mol. The Balaban J connectivity index is 2.23. The summed E-state index contributed by atoms with van der Waals surface area (Å²) >= 11 is 0. The fourth-order valence-corrected chi connectivity index (χ4v) is 0.875. The number of aromatic nitrogens is 1. The third-order valence-electron chi connectivity index (χ3n) is 1.40. The van der Waals surface area contributed by atoms with Crippen LogP contribution >= 0.6 is 0 Å². The fourth-order valence-electron chi connectivity index (χ4n) is 0.875. The Kier molecular flexibility index (Phi) is 1.44. The average molecular weight is 149 g/mol. The summed E-state index contributed by atoms with van der Waals surface area (Å²) in [7, 11) is 0. The molecule has 0 amide bonds. The maximum Gasteiger partial charge on any atom is 0.195 e. The first-order valence-corrected chi connectivity index (χ1v) is 3.28. The first kappa shape index (κ1) is 6.15. The Morgan fingerprint density at radius 2 is 2.55 bits per heavy atom. The van der Waals surface area contributed by atoms with Gasteiger partial charge in [-0.2, -0.15) is 0 Å². The molecule has 0 atom stereocenters. The van der Waals surface area contributed by atoms with E-state index < -0.39 is 0 Å². The SMILES string of the molecule is C1=NN(c2cccnc2)CO1. The van der Waals surface area contributed by atoms with Crippen LogP contribution in [0.15, 0.2) is 29.6 Å². The minimum Gasteiger partial charge on any atom is -0.459 e. The average Bonchev–Trinajstić information content (AvgIpc) is 2.58. The molecule has 0 saturated heterocycles. The number of nitrogens with zero attached hydrogens (tertiary/aromatic N) is 3. The molecule has 0 saturated carbocycles. The topological polar surface area (TPSA) is 37.7 Å². The van der Waals surface area contributed by atoms with Crippen LogP contribution in [-0.4, -0.2) is 18.1 Å². The Labute approximate surface area is 64.1 Å². The highest BCUT2D eigenvalue weighted by Crippen LogP contribution is 2.13. The first-order chi connectivity index (χ1) is 5.47. The van der Waals surface area contributed by atoms with Gasteiger partial charge in [-0.3, -0.25) is 4.98 Å². The van der Waals surface area contributed by atoms with Crippen molar-refractivity contribution in [3.63, 3.8) is 0 Å². The van der Waals surface area contributed by atoms with Gasteiger partial charge in [0.25, 0.3) is 0 Å². The highest BCUT2D eigenvalue weighted by molar-refractivity contribution is 5.55. The van der Waals surface area contributed by atoms with Crippen LogP contribution in [0, 0.1) is 0 Å². The molecule has 0 unspecified atom stereocenters. The molecule has 2 heterocycles. The number of hydrogen-bond acceptors (Lipinski definition) is 4. The molecule has 0 spiro atoms. The lowest BCUT2D eigenvalue weighted by Gasteiger charge is -2.09. The molecule has 0 aromatic carbocycles. The minimum atomic E-state index is 0.478. The zero-order chi connectivity index (χ0) is 7.52. The lowest BCUT2D eigenvalue weighted by molar-refractivity contribution is 0.350. The van der Waals surface area contributed by atoms with Crippen LogP contribution in [0.4, 0.5) is 5.69 Å². The van der Waals surface area contributed by atoms with E-state index in [9.17, 15) is 0 Å². The smallest absolute Gasteiger partial charge is 0.195 e. The maximum absolute atomic E-state index is 4.92. The molecule has 1 aromatic rings. The molecule has 4 heteroatoms. The first-order valence-electron chi connectivity index (χ1n) is 3.28. The molecule has 4 nitrogen and oxygen atoms in total. The Morgan fingerprint density at radius 3 is 3.18 bits per heavy atom. The number of ether oxygens (including phenoxy) is 1. The van der Waals surface area contributed by atoms with Gasteiger partial charge in [-0.25, -0.2) is 5.01 Å². The molecule has 0 aliphatic carbocycles. The van der Waals surface area contributed by atoms with Crippen molar-refractivity contribution in [2.24, 2.45) is 5.10 Å². The number of pyridine rings is 1. The highest BCUT2D eigenvalue weighted by Gasteiger charge is 2.07. The molecule has 1 aliphatic rings. The normalized spacial score (nSPS) is 15.1. The molecule has 0 radical (unpaired) electrons. The van der Waals surface area contributed by atoms with Crippen LogP contribution in [-0.2, 0) is 4.74 Å². The van der Waals surface area contributed by atoms with Crippen LogP contribution in [0.1, 0.15) is 0 Å². The lowest BCUT2D eigenvalue weighted by atomic mass is 10.4. The molecule has 56 valence electrons. The van der Waals surface area contributed by atoms with E-state index in [2.05, 4.69) is 10.1 Å². The molecule has 0 bridgehead atoms. The summed E-state index contributed by atoms with van der Waals surface area (Å²) in [5.41, 5.74) is 0.946. The maximum atomic E-state index is 4.92. The van der Waals surface area contributed by atoms with Crippen LogP contribution < -0.4 is 5.01 Å². The van der Waals surface area contributed by atoms with Gasteiger partial charge >= 0.3 is 0 Å². The lowest BCUT2D eigenvalue weighted by Crippen LogP contribution is -2.12. The number of anilines is 1. The summed E-state index contributed by atoms with van der Waals surface area (Å²) in [6.07, 6.45) is 4.89. The van der Waals surface area contributed by atoms with Crippen molar-refractivity contribution in [3.8, 4) is 0 Å². The van der Waals surface area contributed by atoms with Gasteiger partial charge in [0.05, 0.1) is 11.9 Å². The Morgan fingerprint density at radius 1 is 1.55 bits per heavy atom. The Bertz CT molecular complexity index is 260. The van der Waals surface area contributed by atoms with Crippen LogP contribution in [0.5, 0.6) is 0 Å². The van der Waals surface area contributed by atoms with E-state index >= 15 is 0 Å². The van der Waals surface area contributed by atoms with Gasteiger partial charge in [0.2, 0.25) is 0 Å². The quantitative estimate of drug-likeness (QED) is 0.593. The van der Waals surface area contributed by atoms with Crippen molar-refractivity contribution in [2.45, 2.75) is 0 Å². The van der Waals surface area contributed by atoms with Crippen LogP contribution in [0.25, 0.3) is 0 Å². The van der Waals surface area contributed by atoms with Crippen molar-refractivity contribution in [1.82, 2.24) is 4.98 Å². The van der Waals surface area contributed by atoms with Crippen molar-refractivity contribution < 1.29 is 4.74 Å². The molecular formula is C7H7N3O. The second kappa shape index (κ2) is 2.57. The van der Waals surface area contributed by atoms with E-state index in [-0.39, 0.29) is 0 Å². The second-order valence-corrected chi connectivity index (χ2v) is 2.13. The molecule has 0 N–H and O–H groups in total. The van der Waals surface area contributed by atoms with E-state index in [1.54, 1.807) is 17.4 Å². The molecule has 2 rings (SSSR count). The summed E-state index contributed by atoms with van der Waals surface area (Å²) in [4.78, 5) is 3.96. The highest BCUT2D eigenvalue weighted by atomic mass is 16.5. The Hall–Kier alpha value is -1.58. The third-order valence-corrected chi connectivity index (χ3v) is 1.40. The van der Waals surface area contributed by atoms with Crippen molar-refractivity contribution in [2.75, 3.05) is 11.7 Å². The third kappa shape index (κ3) is 1.14. The molecule has 0 fully saturated rings. The second-order valence-electron chi connectivity index (χ2n) is 2.13. The summed E-state index contributed by atoms with van der Waals surface area (Å²) < 4.78 is 4.92. The fraction of sp³-hybridized carbons (Fsp3) is 0.143. The molecule has 1 aromatic heterocycles.